The van der Waals surface area contributed by atoms with Crippen molar-refractivity contribution >= 4 is 17.9 Å². The van der Waals surface area contributed by atoms with Gasteiger partial charge in [0, 0.05) is 19.3 Å². The quantitative estimate of drug-likeness (QED) is 0.0274. The molecular formula is C44H77NO7. The van der Waals surface area contributed by atoms with Crippen LogP contribution in [0, 0.1) is 0 Å². The summed E-state index contributed by atoms with van der Waals surface area (Å²) in [5, 5.41) is 11.6. The van der Waals surface area contributed by atoms with Crippen molar-refractivity contribution in [1.82, 2.24) is 0 Å². The van der Waals surface area contributed by atoms with E-state index in [-0.39, 0.29) is 42.7 Å². The Hall–Kier alpha value is -2.71. The molecule has 0 spiro atoms. The van der Waals surface area contributed by atoms with Gasteiger partial charge in [-0.15, -0.1) is 0 Å². The third-order valence-corrected chi connectivity index (χ3v) is 9.06. The lowest BCUT2D eigenvalue weighted by Crippen LogP contribution is -2.55. The third kappa shape index (κ3) is 33.1. The highest BCUT2D eigenvalue weighted by molar-refractivity contribution is 5.70. The standard InChI is InChI=1S/C44H77NO7/c1-6-8-10-12-14-16-18-19-20-21-22-23-24-25-27-28-30-32-34-42(46)51-39-40(38-50-37-36-41(44(48)49)45(3,4)5)52-43(47)35-33-31-29-26-17-15-13-11-9-7-2/h14,16,18-23,40-41H,6-13,15,17,24-39H2,1-5H3/b16-14+,19-18+,21-20+,23-22+. The molecule has 0 bridgehead atoms. The van der Waals surface area contributed by atoms with Gasteiger partial charge in [-0.3, -0.25) is 9.59 Å². The Kier molecular flexibility index (Phi) is 33.5. The summed E-state index contributed by atoms with van der Waals surface area (Å²) >= 11 is 0. The third-order valence-electron chi connectivity index (χ3n) is 9.06. The second-order valence-electron chi connectivity index (χ2n) is 15.0. The number of carbonyl (C=O) groups is 3. The molecule has 0 saturated heterocycles. The molecule has 0 radical (unpaired) electrons. The van der Waals surface area contributed by atoms with Crippen LogP contribution >= 0.6 is 0 Å². The molecule has 0 aliphatic rings. The molecule has 2 atom stereocenters. The molecule has 0 aliphatic carbocycles. The predicted molar refractivity (Wildman–Crippen MR) is 213 cm³/mol. The van der Waals surface area contributed by atoms with Crippen LogP contribution < -0.4 is 5.11 Å². The summed E-state index contributed by atoms with van der Waals surface area (Å²) in [6.45, 7) is 4.57. The molecule has 0 amide bonds. The van der Waals surface area contributed by atoms with Crippen LogP contribution in [0.4, 0.5) is 0 Å². The van der Waals surface area contributed by atoms with Crippen LogP contribution in [0.15, 0.2) is 48.6 Å². The number of unbranched alkanes of at least 4 members (excludes halogenated alkanes) is 17. The van der Waals surface area contributed by atoms with Gasteiger partial charge in [-0.05, 0) is 38.5 Å². The first-order valence-corrected chi connectivity index (χ1v) is 20.7. The second kappa shape index (κ2) is 35.3. The maximum absolute atomic E-state index is 12.6. The van der Waals surface area contributed by atoms with E-state index < -0.39 is 18.1 Å². The molecule has 8 nitrogen and oxygen atoms in total. The number of ether oxygens (including phenoxy) is 3. The number of aliphatic carboxylic acids is 1. The van der Waals surface area contributed by atoms with Crippen LogP contribution in [-0.2, 0) is 28.6 Å². The van der Waals surface area contributed by atoms with Gasteiger partial charge in [0.25, 0.3) is 0 Å². The number of carbonyl (C=O) groups excluding carboxylic acids is 3. The van der Waals surface area contributed by atoms with E-state index in [0.29, 0.717) is 12.8 Å². The second-order valence-corrected chi connectivity index (χ2v) is 15.0. The summed E-state index contributed by atoms with van der Waals surface area (Å²) in [6.07, 6.45) is 39.8. The van der Waals surface area contributed by atoms with Crippen molar-refractivity contribution < 1.29 is 38.2 Å². The maximum atomic E-state index is 12.6. The van der Waals surface area contributed by atoms with Crippen molar-refractivity contribution in [3.63, 3.8) is 0 Å². The molecule has 0 aliphatic heterocycles. The van der Waals surface area contributed by atoms with Gasteiger partial charge in [-0.2, -0.15) is 0 Å². The SMILES string of the molecule is CCCCC/C=C/C=C/C=C/C=C/CCCCCCCC(=O)OCC(COCCC(C(=O)[O-])[N+](C)(C)C)OC(=O)CCCCCCCCCCCC. The normalized spacial score (nSPS) is 13.5. The largest absolute Gasteiger partial charge is 0.544 e. The lowest BCUT2D eigenvalue weighted by Gasteiger charge is -2.34. The van der Waals surface area contributed by atoms with Crippen molar-refractivity contribution in [2.24, 2.45) is 0 Å². The molecule has 0 aromatic carbocycles. The topological polar surface area (TPSA) is 102 Å². The van der Waals surface area contributed by atoms with Crippen LogP contribution in [0.1, 0.15) is 162 Å². The summed E-state index contributed by atoms with van der Waals surface area (Å²) in [5.41, 5.74) is 0. The zero-order valence-corrected chi connectivity index (χ0v) is 34.0. The van der Waals surface area contributed by atoms with Gasteiger partial charge in [0.05, 0.1) is 40.3 Å². The van der Waals surface area contributed by atoms with E-state index in [0.717, 1.165) is 64.2 Å². The first-order valence-electron chi connectivity index (χ1n) is 20.7. The Morgan fingerprint density at radius 3 is 1.54 bits per heavy atom. The summed E-state index contributed by atoms with van der Waals surface area (Å²) in [5.74, 6) is -1.77. The van der Waals surface area contributed by atoms with Crippen LogP contribution in [-0.4, -0.2) is 75.5 Å². The highest BCUT2D eigenvalue weighted by Gasteiger charge is 2.25. The van der Waals surface area contributed by atoms with Crippen molar-refractivity contribution in [2.45, 2.75) is 174 Å². The minimum Gasteiger partial charge on any atom is -0.544 e. The maximum Gasteiger partial charge on any atom is 0.306 e. The fourth-order valence-electron chi connectivity index (χ4n) is 5.79. The fraction of sp³-hybridized carbons (Fsp3) is 0.750. The monoisotopic (exact) mass is 732 g/mol. The number of rotatable bonds is 36. The summed E-state index contributed by atoms with van der Waals surface area (Å²) in [4.78, 5) is 36.7. The number of carboxylic acid groups (broad SMARTS) is 1. The van der Waals surface area contributed by atoms with Gasteiger partial charge in [-0.25, -0.2) is 0 Å². The number of hydrogen-bond donors (Lipinski definition) is 0. The highest BCUT2D eigenvalue weighted by Crippen LogP contribution is 2.13. The van der Waals surface area contributed by atoms with Gasteiger partial charge >= 0.3 is 11.9 Å². The zero-order chi connectivity index (χ0) is 38.5. The molecule has 0 N–H and O–H groups in total. The molecule has 300 valence electrons. The molecular weight excluding hydrogens is 654 g/mol. The molecule has 52 heavy (non-hydrogen) atoms. The van der Waals surface area contributed by atoms with Crippen molar-refractivity contribution in [1.29, 1.82) is 0 Å². The molecule has 0 saturated carbocycles. The lowest BCUT2D eigenvalue weighted by molar-refractivity contribution is -0.889. The molecule has 2 unspecified atom stereocenters. The number of quaternary nitrogens is 1. The van der Waals surface area contributed by atoms with Crippen LogP contribution in [0.3, 0.4) is 0 Å². The number of hydrogen-bond acceptors (Lipinski definition) is 7. The summed E-state index contributed by atoms with van der Waals surface area (Å²) < 4.78 is 17.1. The van der Waals surface area contributed by atoms with Crippen LogP contribution in [0.2, 0.25) is 0 Å². The minimum absolute atomic E-state index is 0.0332. The van der Waals surface area contributed by atoms with E-state index in [1.807, 2.05) is 6.08 Å². The van der Waals surface area contributed by atoms with E-state index in [1.165, 1.54) is 64.2 Å². The van der Waals surface area contributed by atoms with E-state index in [9.17, 15) is 19.5 Å². The molecule has 0 heterocycles. The highest BCUT2D eigenvalue weighted by atomic mass is 16.6. The summed E-state index contributed by atoms with van der Waals surface area (Å²) in [6, 6.07) is -0.728. The molecule has 0 rings (SSSR count). The van der Waals surface area contributed by atoms with Gasteiger partial charge in [0.2, 0.25) is 0 Å². The Labute approximate surface area is 318 Å². The number of nitrogens with zero attached hydrogens (tertiary/aromatic N) is 1. The van der Waals surface area contributed by atoms with Crippen molar-refractivity contribution in [3.05, 3.63) is 48.6 Å². The molecule has 0 aromatic rings. The van der Waals surface area contributed by atoms with E-state index in [4.69, 9.17) is 14.2 Å². The number of carboxylic acids is 1. The van der Waals surface area contributed by atoms with Crippen LogP contribution in [0.5, 0.6) is 0 Å². The Balaban J connectivity index is 4.40. The fourth-order valence-corrected chi connectivity index (χ4v) is 5.79. The minimum atomic E-state index is -1.13. The van der Waals surface area contributed by atoms with Crippen molar-refractivity contribution in [2.75, 3.05) is 41.0 Å². The summed E-state index contributed by atoms with van der Waals surface area (Å²) in [7, 11) is 5.39. The van der Waals surface area contributed by atoms with Gasteiger partial charge in [0.1, 0.15) is 12.6 Å². The van der Waals surface area contributed by atoms with Crippen molar-refractivity contribution in [3.8, 4) is 0 Å². The molecule has 0 fully saturated rings. The van der Waals surface area contributed by atoms with Crippen LogP contribution in [0.25, 0.3) is 0 Å². The Morgan fingerprint density at radius 2 is 1.02 bits per heavy atom. The van der Waals surface area contributed by atoms with Gasteiger partial charge in [-0.1, -0.05) is 152 Å². The number of likely N-dealkylation sites (N-methyl/N-ethyl adjacent to an activating group) is 1. The molecule has 0 aromatic heterocycles. The predicted octanol–water partition coefficient (Wildman–Crippen LogP) is 9.52. The average molecular weight is 732 g/mol. The first kappa shape index (κ1) is 49.3. The molecule has 8 heteroatoms. The lowest BCUT2D eigenvalue weighted by atomic mass is 10.1. The zero-order valence-electron chi connectivity index (χ0n) is 34.0. The smallest absolute Gasteiger partial charge is 0.306 e. The van der Waals surface area contributed by atoms with Gasteiger partial charge < -0.3 is 28.6 Å². The van der Waals surface area contributed by atoms with E-state index >= 15 is 0 Å². The van der Waals surface area contributed by atoms with E-state index in [2.05, 4.69) is 56.4 Å². The first-order chi connectivity index (χ1) is 25.1. The Morgan fingerprint density at radius 1 is 0.577 bits per heavy atom. The van der Waals surface area contributed by atoms with E-state index in [1.54, 1.807) is 21.1 Å². The average Bonchev–Trinajstić information content (AvgIpc) is 3.09. The van der Waals surface area contributed by atoms with Gasteiger partial charge in [0.15, 0.2) is 6.10 Å². The number of esters is 2. The number of allylic oxidation sites excluding steroid dienone is 8. The Bertz CT molecular complexity index is 995.